The second kappa shape index (κ2) is 3.42. The van der Waals surface area contributed by atoms with Crippen LogP contribution in [-0.2, 0) is 0 Å². The number of hydrogen-bond donors (Lipinski definition) is 1. The Hall–Kier alpha value is -1.35. The highest BCUT2D eigenvalue weighted by Crippen LogP contribution is 2.20. The van der Waals surface area contributed by atoms with Gasteiger partial charge in [0.05, 0.1) is 0 Å². The van der Waals surface area contributed by atoms with Crippen LogP contribution in [0, 0.1) is 0 Å². The summed E-state index contributed by atoms with van der Waals surface area (Å²) < 4.78 is 12.6. The maximum Gasteiger partial charge on any atom is 0.235 e. The summed E-state index contributed by atoms with van der Waals surface area (Å²) in [4.78, 5) is 14.2. The number of alkyl halides is 2. The first-order chi connectivity index (χ1) is 6.70. The molecule has 1 heterocycles. The van der Waals surface area contributed by atoms with Crippen LogP contribution >= 0.6 is 11.6 Å². The van der Waals surface area contributed by atoms with Crippen LogP contribution in [0.2, 0.25) is 0 Å². The van der Waals surface area contributed by atoms with E-state index < -0.39 is 11.4 Å². The van der Waals surface area contributed by atoms with E-state index in [0.717, 1.165) is 5.52 Å². The number of fused-ring (bicyclic) bond motifs is 1. The molecule has 0 aliphatic carbocycles. The van der Waals surface area contributed by atoms with E-state index in [-0.39, 0.29) is 0 Å². The summed E-state index contributed by atoms with van der Waals surface area (Å²) in [6, 6.07) is 7.18. The number of aromatic nitrogens is 1. The number of Topliss-reactive ketones (excluding diaryl/α,β-unsaturated/α-hetero) is 1. The molecule has 0 spiro atoms. The Morgan fingerprint density at radius 1 is 1.43 bits per heavy atom. The predicted molar refractivity (Wildman–Crippen MR) is 53.4 cm³/mol. The molecule has 4 heteroatoms. The third-order valence-electron chi connectivity index (χ3n) is 2.05. The van der Waals surface area contributed by atoms with Crippen LogP contribution in [0.25, 0.3) is 10.9 Å². The minimum atomic E-state index is -1.98. The zero-order valence-corrected chi connectivity index (χ0v) is 7.88. The average molecular weight is 212 g/mol. The fourth-order valence-electron chi connectivity index (χ4n) is 1.39. The second-order valence-corrected chi connectivity index (χ2v) is 3.30. The van der Waals surface area contributed by atoms with Crippen molar-refractivity contribution in [3.05, 3.63) is 36.0 Å². The van der Waals surface area contributed by atoms with Crippen LogP contribution < -0.4 is 0 Å². The van der Waals surface area contributed by atoms with E-state index >= 15 is 0 Å². The molecule has 0 aliphatic heterocycles. The zero-order valence-electron chi connectivity index (χ0n) is 7.13. The summed E-state index contributed by atoms with van der Waals surface area (Å²) >= 11 is 5.09. The van der Waals surface area contributed by atoms with Gasteiger partial charge in [0.1, 0.15) is 0 Å². The Labute approximate surface area is 84.7 Å². The van der Waals surface area contributed by atoms with Crippen molar-refractivity contribution in [1.82, 2.24) is 4.98 Å². The number of carbonyl (C=O) groups excluding carboxylic acids is 1. The van der Waals surface area contributed by atoms with Gasteiger partial charge in [-0.25, -0.2) is 4.39 Å². The number of benzene rings is 1. The number of carbonyl (C=O) groups is 1. The maximum absolute atomic E-state index is 12.6. The summed E-state index contributed by atoms with van der Waals surface area (Å²) in [5, 5.41) is 0.695. The molecule has 0 fully saturated rings. The highest BCUT2D eigenvalue weighted by Gasteiger charge is 2.19. The van der Waals surface area contributed by atoms with E-state index in [1.54, 1.807) is 12.1 Å². The lowest BCUT2D eigenvalue weighted by Gasteiger charge is -1.96. The van der Waals surface area contributed by atoms with Crippen molar-refractivity contribution >= 4 is 28.3 Å². The van der Waals surface area contributed by atoms with Gasteiger partial charge in [-0.15, -0.1) is 0 Å². The zero-order chi connectivity index (χ0) is 10.1. The molecule has 14 heavy (non-hydrogen) atoms. The Balaban J connectivity index is 2.58. The van der Waals surface area contributed by atoms with E-state index in [0.29, 0.717) is 10.9 Å². The molecule has 2 rings (SSSR count). The molecule has 0 unspecified atom stereocenters. The van der Waals surface area contributed by atoms with Crippen molar-refractivity contribution in [3.8, 4) is 0 Å². The van der Waals surface area contributed by atoms with Gasteiger partial charge in [0.15, 0.2) is 0 Å². The van der Waals surface area contributed by atoms with Crippen molar-refractivity contribution in [2.24, 2.45) is 0 Å². The predicted octanol–water partition coefficient (Wildman–Crippen LogP) is 2.89. The van der Waals surface area contributed by atoms with Crippen LogP contribution in [0.15, 0.2) is 30.5 Å². The van der Waals surface area contributed by atoms with Crippen molar-refractivity contribution in [3.63, 3.8) is 0 Å². The average Bonchev–Trinajstić information content (AvgIpc) is 2.60. The fourth-order valence-corrected chi connectivity index (χ4v) is 1.51. The fraction of sp³-hybridized carbons (Fsp3) is 0.100. The van der Waals surface area contributed by atoms with Gasteiger partial charge in [-0.3, -0.25) is 4.79 Å². The molecule has 1 atom stereocenters. The lowest BCUT2D eigenvalue weighted by Crippen LogP contribution is -2.08. The van der Waals surface area contributed by atoms with E-state index in [9.17, 15) is 9.18 Å². The summed E-state index contributed by atoms with van der Waals surface area (Å²) in [5.74, 6) is -0.705. The summed E-state index contributed by atoms with van der Waals surface area (Å²) in [7, 11) is 0. The Morgan fingerprint density at radius 3 is 2.86 bits per heavy atom. The monoisotopic (exact) mass is 211 g/mol. The van der Waals surface area contributed by atoms with E-state index in [4.69, 9.17) is 11.6 Å². The lowest BCUT2D eigenvalue weighted by atomic mass is 10.1. The molecule has 0 aliphatic rings. The van der Waals surface area contributed by atoms with Crippen LogP contribution in [0.3, 0.4) is 0 Å². The molecule has 1 aromatic carbocycles. The largest absolute Gasteiger partial charge is 0.360 e. The first kappa shape index (κ1) is 9.21. The molecular formula is C10H7ClFNO. The summed E-state index contributed by atoms with van der Waals surface area (Å²) in [6.07, 6.45) is 1.47. The van der Waals surface area contributed by atoms with Gasteiger partial charge in [0, 0.05) is 22.7 Å². The Morgan fingerprint density at radius 2 is 2.14 bits per heavy atom. The van der Waals surface area contributed by atoms with Crippen molar-refractivity contribution in [1.29, 1.82) is 0 Å². The molecule has 0 saturated heterocycles. The topological polar surface area (TPSA) is 32.9 Å². The first-order valence-electron chi connectivity index (χ1n) is 4.08. The smallest absolute Gasteiger partial charge is 0.235 e. The third kappa shape index (κ3) is 1.40. The molecule has 1 aromatic heterocycles. The normalized spacial score (nSPS) is 13.0. The molecule has 0 radical (unpaired) electrons. The molecule has 0 saturated carbocycles. The van der Waals surface area contributed by atoms with Gasteiger partial charge >= 0.3 is 0 Å². The highest BCUT2D eigenvalue weighted by atomic mass is 35.5. The van der Waals surface area contributed by atoms with E-state index in [1.807, 2.05) is 12.1 Å². The van der Waals surface area contributed by atoms with Crippen LogP contribution in [0.5, 0.6) is 0 Å². The standard InChI is InChI=1S/C10H7ClFNO/c11-10(12)9(14)7-5-13-8-4-2-1-3-6(7)8/h1-5,10,13H/t10-/m1/s1. The number of aromatic amines is 1. The number of halogens is 2. The molecule has 1 N–H and O–H groups in total. The lowest BCUT2D eigenvalue weighted by molar-refractivity contribution is 0.0936. The Kier molecular flexibility index (Phi) is 2.25. The minimum Gasteiger partial charge on any atom is -0.360 e. The van der Waals surface area contributed by atoms with Gasteiger partial charge in [-0.2, -0.15) is 0 Å². The highest BCUT2D eigenvalue weighted by molar-refractivity contribution is 6.34. The number of H-pyrrole nitrogens is 1. The van der Waals surface area contributed by atoms with Crippen molar-refractivity contribution < 1.29 is 9.18 Å². The Bertz CT molecular complexity index is 478. The second-order valence-electron chi connectivity index (χ2n) is 2.91. The third-order valence-corrected chi connectivity index (χ3v) is 2.25. The van der Waals surface area contributed by atoms with Crippen molar-refractivity contribution in [2.75, 3.05) is 0 Å². The molecular weight excluding hydrogens is 205 g/mol. The molecule has 2 nitrogen and oxygen atoms in total. The summed E-state index contributed by atoms with van der Waals surface area (Å²) in [5.41, 5.74) is -0.884. The maximum atomic E-state index is 12.6. The minimum absolute atomic E-state index is 0.295. The van der Waals surface area contributed by atoms with Gasteiger partial charge in [-0.05, 0) is 6.07 Å². The van der Waals surface area contributed by atoms with Crippen LogP contribution in [0.1, 0.15) is 10.4 Å². The first-order valence-corrected chi connectivity index (χ1v) is 4.52. The van der Waals surface area contributed by atoms with Crippen LogP contribution in [0.4, 0.5) is 4.39 Å². The van der Waals surface area contributed by atoms with Gasteiger partial charge in [-0.1, -0.05) is 29.8 Å². The van der Waals surface area contributed by atoms with Gasteiger partial charge in [0.2, 0.25) is 11.4 Å². The van der Waals surface area contributed by atoms with Crippen LogP contribution in [-0.4, -0.2) is 16.4 Å². The van der Waals surface area contributed by atoms with Crippen molar-refractivity contribution in [2.45, 2.75) is 5.63 Å². The molecule has 2 aromatic rings. The quantitative estimate of drug-likeness (QED) is 0.601. The van der Waals surface area contributed by atoms with E-state index in [2.05, 4.69) is 4.98 Å². The summed E-state index contributed by atoms with van der Waals surface area (Å²) in [6.45, 7) is 0. The molecule has 0 bridgehead atoms. The number of hydrogen-bond acceptors (Lipinski definition) is 1. The van der Waals surface area contributed by atoms with Gasteiger partial charge < -0.3 is 4.98 Å². The molecule has 72 valence electrons. The van der Waals surface area contributed by atoms with Gasteiger partial charge in [0.25, 0.3) is 0 Å². The van der Waals surface area contributed by atoms with E-state index in [1.165, 1.54) is 6.20 Å². The molecule has 0 amide bonds. The number of para-hydroxylation sites is 1. The number of rotatable bonds is 2. The number of ketones is 1. The SMILES string of the molecule is O=C(c1c[nH]c2ccccc12)[C@@H](F)Cl. The number of nitrogens with one attached hydrogen (secondary N) is 1.